The number of aliphatic hydroxyl groups excluding tert-OH is 1. The zero-order valence-electron chi connectivity index (χ0n) is 10.5. The van der Waals surface area contributed by atoms with Crippen molar-refractivity contribution in [2.45, 2.75) is 25.9 Å². The van der Waals surface area contributed by atoms with E-state index in [1.807, 2.05) is 42.5 Å². The van der Waals surface area contributed by atoms with Gasteiger partial charge in [0.25, 0.3) is 0 Å². The third-order valence-corrected chi connectivity index (χ3v) is 3.58. The van der Waals surface area contributed by atoms with Gasteiger partial charge in [-0.2, -0.15) is 0 Å². The second kappa shape index (κ2) is 5.36. The van der Waals surface area contributed by atoms with Crippen molar-refractivity contribution in [3.8, 4) is 0 Å². The molecule has 1 saturated heterocycles. The molecule has 0 radical (unpaired) electrons. The summed E-state index contributed by atoms with van der Waals surface area (Å²) in [6.45, 7) is 2.06. The Morgan fingerprint density at radius 2 is 2.17 bits per heavy atom. The van der Waals surface area contributed by atoms with Crippen LogP contribution in [0.4, 0.5) is 0 Å². The molecule has 0 amide bonds. The fraction of sp³-hybridized carbons (Fsp3) is 0.400. The Balaban J connectivity index is 2.08. The topological polar surface area (TPSA) is 46.5 Å². The van der Waals surface area contributed by atoms with Gasteiger partial charge in [-0.15, -0.1) is 0 Å². The summed E-state index contributed by atoms with van der Waals surface area (Å²) in [7, 11) is 0. The van der Waals surface area contributed by atoms with Gasteiger partial charge < -0.3 is 9.84 Å². The van der Waals surface area contributed by atoms with Gasteiger partial charge in [-0.3, -0.25) is 4.79 Å². The van der Waals surface area contributed by atoms with Crippen LogP contribution in [-0.2, 0) is 9.53 Å². The predicted molar refractivity (Wildman–Crippen MR) is 69.8 cm³/mol. The number of carbonyl (C=O) groups is 1. The fourth-order valence-electron chi connectivity index (χ4n) is 2.28. The van der Waals surface area contributed by atoms with E-state index in [2.05, 4.69) is 0 Å². The first kappa shape index (κ1) is 12.8. The molecule has 0 saturated carbocycles. The molecule has 1 aliphatic heterocycles. The first-order chi connectivity index (χ1) is 8.65. The highest BCUT2D eigenvalue weighted by molar-refractivity contribution is 5.79. The van der Waals surface area contributed by atoms with Crippen molar-refractivity contribution in [3.63, 3.8) is 0 Å². The van der Waals surface area contributed by atoms with E-state index in [1.54, 1.807) is 6.92 Å². The zero-order chi connectivity index (χ0) is 13.0. The van der Waals surface area contributed by atoms with Crippen molar-refractivity contribution >= 4 is 12.0 Å². The average Bonchev–Trinajstić information content (AvgIpc) is 2.73. The Bertz CT molecular complexity index is 436. The van der Waals surface area contributed by atoms with Crippen molar-refractivity contribution in [1.82, 2.24) is 0 Å². The number of ether oxygens (including phenoxy) is 1. The molecule has 0 spiro atoms. The molecule has 1 heterocycles. The molecule has 96 valence electrons. The minimum atomic E-state index is -0.759. The van der Waals surface area contributed by atoms with Gasteiger partial charge in [-0.1, -0.05) is 42.5 Å². The summed E-state index contributed by atoms with van der Waals surface area (Å²) in [4.78, 5) is 11.8. The van der Waals surface area contributed by atoms with E-state index in [-0.39, 0.29) is 5.97 Å². The normalized spacial score (nSPS) is 25.3. The van der Waals surface area contributed by atoms with Crippen LogP contribution in [0.5, 0.6) is 0 Å². The number of rotatable bonds is 4. The van der Waals surface area contributed by atoms with Crippen LogP contribution in [0.25, 0.3) is 6.08 Å². The van der Waals surface area contributed by atoms with Crippen LogP contribution in [0.3, 0.4) is 0 Å². The van der Waals surface area contributed by atoms with E-state index >= 15 is 0 Å². The van der Waals surface area contributed by atoms with Crippen LogP contribution in [0, 0.1) is 5.41 Å². The maximum atomic E-state index is 11.8. The van der Waals surface area contributed by atoms with E-state index in [4.69, 9.17) is 4.74 Å². The SMILES string of the molecule is C[C@@H](O)[C@]1(C/C=C/c2ccccc2)CCOC1=O. The number of cyclic esters (lactones) is 1. The lowest BCUT2D eigenvalue weighted by molar-refractivity contribution is -0.150. The first-order valence-corrected chi connectivity index (χ1v) is 6.22. The van der Waals surface area contributed by atoms with Gasteiger partial charge in [0.05, 0.1) is 12.7 Å². The third-order valence-electron chi connectivity index (χ3n) is 3.58. The smallest absolute Gasteiger partial charge is 0.315 e. The van der Waals surface area contributed by atoms with Gasteiger partial charge in [0, 0.05) is 6.42 Å². The summed E-state index contributed by atoms with van der Waals surface area (Å²) in [5.41, 5.74) is 0.329. The van der Waals surface area contributed by atoms with Crippen LogP contribution in [0.15, 0.2) is 36.4 Å². The van der Waals surface area contributed by atoms with Gasteiger partial charge in [0.2, 0.25) is 0 Å². The number of hydrogen-bond acceptors (Lipinski definition) is 3. The van der Waals surface area contributed by atoms with Crippen LogP contribution < -0.4 is 0 Å². The molecule has 0 aliphatic carbocycles. The molecule has 1 N–H and O–H groups in total. The third kappa shape index (κ3) is 2.46. The number of aliphatic hydroxyl groups is 1. The van der Waals surface area contributed by atoms with E-state index in [1.165, 1.54) is 0 Å². The van der Waals surface area contributed by atoms with Crippen molar-refractivity contribution < 1.29 is 14.6 Å². The second-order valence-electron chi connectivity index (χ2n) is 4.74. The number of esters is 1. The highest BCUT2D eigenvalue weighted by Gasteiger charge is 2.47. The summed E-state index contributed by atoms with van der Waals surface area (Å²) in [6.07, 6.45) is 4.32. The molecule has 0 aromatic heterocycles. The number of benzene rings is 1. The Hall–Kier alpha value is -1.61. The maximum absolute atomic E-state index is 11.8. The average molecular weight is 246 g/mol. The highest BCUT2D eigenvalue weighted by Crippen LogP contribution is 2.37. The lowest BCUT2D eigenvalue weighted by Crippen LogP contribution is -2.37. The lowest BCUT2D eigenvalue weighted by atomic mass is 9.78. The monoisotopic (exact) mass is 246 g/mol. The van der Waals surface area contributed by atoms with Crippen molar-refractivity contribution in [2.75, 3.05) is 6.61 Å². The Labute approximate surface area is 107 Å². The summed E-state index contributed by atoms with van der Waals surface area (Å²) < 4.78 is 5.00. The summed E-state index contributed by atoms with van der Waals surface area (Å²) in [5.74, 6) is -0.282. The van der Waals surface area contributed by atoms with Crippen molar-refractivity contribution in [2.24, 2.45) is 5.41 Å². The van der Waals surface area contributed by atoms with E-state index in [9.17, 15) is 9.90 Å². The molecule has 0 unspecified atom stereocenters. The van der Waals surface area contributed by atoms with E-state index in [0.29, 0.717) is 19.4 Å². The molecule has 0 bridgehead atoms. The highest BCUT2D eigenvalue weighted by atomic mass is 16.5. The summed E-state index contributed by atoms with van der Waals surface area (Å²) >= 11 is 0. The van der Waals surface area contributed by atoms with E-state index in [0.717, 1.165) is 5.56 Å². The molecule has 1 aromatic carbocycles. The Morgan fingerprint density at radius 3 is 2.72 bits per heavy atom. The largest absolute Gasteiger partial charge is 0.465 e. The predicted octanol–water partition coefficient (Wildman–Crippen LogP) is 2.40. The number of hydrogen-bond donors (Lipinski definition) is 1. The molecule has 1 fully saturated rings. The Kier molecular flexibility index (Phi) is 3.82. The quantitative estimate of drug-likeness (QED) is 0.830. The minimum absolute atomic E-state index is 0.282. The van der Waals surface area contributed by atoms with Crippen LogP contribution in [0.2, 0.25) is 0 Å². The molecule has 2 atom stereocenters. The second-order valence-corrected chi connectivity index (χ2v) is 4.74. The summed E-state index contributed by atoms with van der Waals surface area (Å²) in [6, 6.07) is 9.89. The number of allylic oxidation sites excluding steroid dienone is 1. The first-order valence-electron chi connectivity index (χ1n) is 6.22. The van der Waals surface area contributed by atoms with Crippen LogP contribution >= 0.6 is 0 Å². The fourth-order valence-corrected chi connectivity index (χ4v) is 2.28. The van der Waals surface area contributed by atoms with E-state index < -0.39 is 11.5 Å². The van der Waals surface area contributed by atoms with Gasteiger partial charge in [0.1, 0.15) is 5.41 Å². The van der Waals surface area contributed by atoms with Gasteiger partial charge in [0.15, 0.2) is 0 Å². The van der Waals surface area contributed by atoms with Crippen molar-refractivity contribution in [3.05, 3.63) is 42.0 Å². The summed E-state index contributed by atoms with van der Waals surface area (Å²) in [5, 5.41) is 9.84. The lowest BCUT2D eigenvalue weighted by Gasteiger charge is -2.26. The van der Waals surface area contributed by atoms with Crippen molar-refractivity contribution in [1.29, 1.82) is 0 Å². The molecule has 3 heteroatoms. The molecule has 3 nitrogen and oxygen atoms in total. The molecule has 2 rings (SSSR count). The molecule has 1 aromatic rings. The number of carbonyl (C=O) groups excluding carboxylic acids is 1. The standard InChI is InChI=1S/C15H18O3/c1-12(16)15(10-11-18-14(15)17)9-5-8-13-6-3-2-4-7-13/h2-8,12,16H,9-11H2,1H3/b8-5+/t12-,15+/m1/s1. The minimum Gasteiger partial charge on any atom is -0.465 e. The van der Waals surface area contributed by atoms with Gasteiger partial charge >= 0.3 is 5.97 Å². The molecule has 18 heavy (non-hydrogen) atoms. The Morgan fingerprint density at radius 1 is 1.44 bits per heavy atom. The molecular weight excluding hydrogens is 228 g/mol. The van der Waals surface area contributed by atoms with Gasteiger partial charge in [-0.25, -0.2) is 0 Å². The molecule has 1 aliphatic rings. The van der Waals surface area contributed by atoms with Gasteiger partial charge in [-0.05, 0) is 18.9 Å². The van der Waals surface area contributed by atoms with Crippen LogP contribution in [0.1, 0.15) is 25.3 Å². The van der Waals surface area contributed by atoms with Crippen LogP contribution in [-0.4, -0.2) is 23.8 Å². The molecular formula is C15H18O3. The maximum Gasteiger partial charge on any atom is 0.315 e. The zero-order valence-corrected chi connectivity index (χ0v) is 10.5.